The number of benzene rings is 2. The van der Waals surface area contributed by atoms with Crippen molar-refractivity contribution in [3.05, 3.63) is 53.5 Å². The van der Waals surface area contributed by atoms with Crippen molar-refractivity contribution in [1.29, 1.82) is 0 Å². The summed E-state index contributed by atoms with van der Waals surface area (Å²) in [7, 11) is 4.46. The molecule has 0 radical (unpaired) electrons. The molecule has 134 valence electrons. The molecular formula is C19H18N2O5. The number of aromatic nitrogens is 2. The number of hydrogen-bond acceptors (Lipinski definition) is 7. The minimum Gasteiger partial charge on any atom is -0.493 e. The van der Waals surface area contributed by atoms with Gasteiger partial charge in [-0.25, -0.2) is 9.97 Å². The Bertz CT molecular complexity index is 946. The average Bonchev–Trinajstić information content (AvgIpc) is 2.71. The third-order valence-electron chi connectivity index (χ3n) is 3.96. The molecule has 0 aliphatic carbocycles. The third-order valence-corrected chi connectivity index (χ3v) is 3.96. The lowest BCUT2D eigenvalue weighted by Gasteiger charge is -2.13. The van der Waals surface area contributed by atoms with Gasteiger partial charge in [0.2, 0.25) is 17.4 Å². The maximum absolute atomic E-state index is 12.8. The zero-order valence-electron chi connectivity index (χ0n) is 14.6. The van der Waals surface area contributed by atoms with E-state index in [9.17, 15) is 9.90 Å². The number of rotatable bonds is 6. The van der Waals surface area contributed by atoms with Gasteiger partial charge in [-0.3, -0.25) is 4.79 Å². The van der Waals surface area contributed by atoms with E-state index in [-0.39, 0.29) is 18.2 Å². The molecule has 0 bridgehead atoms. The van der Waals surface area contributed by atoms with Gasteiger partial charge in [-0.1, -0.05) is 6.07 Å². The first-order chi connectivity index (χ1) is 12.6. The Labute approximate surface area is 150 Å². The van der Waals surface area contributed by atoms with E-state index in [0.717, 1.165) is 10.9 Å². The van der Waals surface area contributed by atoms with Crippen molar-refractivity contribution in [2.45, 2.75) is 6.61 Å². The summed E-state index contributed by atoms with van der Waals surface area (Å²) in [5.74, 6) is 0.857. The largest absolute Gasteiger partial charge is 0.493 e. The number of aliphatic hydroxyl groups excluding tert-OH is 1. The standard InChI is InChI=1S/C19H18N2O5/c1-24-15-7-12(8-16(25-2)18(15)26-3)17(23)19-20-9-13-6-11(10-22)4-5-14(13)21-19/h4-9,22H,10H2,1-3H3. The van der Waals surface area contributed by atoms with Gasteiger partial charge in [0.1, 0.15) is 0 Å². The molecule has 0 saturated heterocycles. The first-order valence-corrected chi connectivity index (χ1v) is 7.82. The van der Waals surface area contributed by atoms with E-state index in [1.54, 1.807) is 36.5 Å². The fourth-order valence-corrected chi connectivity index (χ4v) is 2.63. The molecule has 3 rings (SSSR count). The van der Waals surface area contributed by atoms with Crippen molar-refractivity contribution in [3.63, 3.8) is 0 Å². The zero-order valence-corrected chi connectivity index (χ0v) is 14.6. The van der Waals surface area contributed by atoms with Gasteiger partial charge in [0.15, 0.2) is 11.5 Å². The van der Waals surface area contributed by atoms with Gasteiger partial charge < -0.3 is 19.3 Å². The number of nitrogens with zero attached hydrogens (tertiary/aromatic N) is 2. The van der Waals surface area contributed by atoms with E-state index >= 15 is 0 Å². The lowest BCUT2D eigenvalue weighted by molar-refractivity contribution is 0.102. The topological polar surface area (TPSA) is 90.8 Å². The van der Waals surface area contributed by atoms with Gasteiger partial charge in [-0.15, -0.1) is 0 Å². The predicted molar refractivity (Wildman–Crippen MR) is 95.0 cm³/mol. The molecule has 1 N–H and O–H groups in total. The highest BCUT2D eigenvalue weighted by molar-refractivity contribution is 6.08. The summed E-state index contributed by atoms with van der Waals surface area (Å²) in [5.41, 5.74) is 1.70. The van der Waals surface area contributed by atoms with E-state index in [0.29, 0.717) is 28.3 Å². The number of carbonyl (C=O) groups is 1. The van der Waals surface area contributed by atoms with E-state index in [1.807, 2.05) is 0 Å². The molecule has 0 aliphatic heterocycles. The Morgan fingerprint density at radius 1 is 1.04 bits per heavy atom. The average molecular weight is 354 g/mol. The highest BCUT2D eigenvalue weighted by Crippen LogP contribution is 2.38. The number of hydrogen-bond donors (Lipinski definition) is 1. The van der Waals surface area contributed by atoms with Crippen LogP contribution in [0, 0.1) is 0 Å². The molecule has 0 saturated carbocycles. The molecule has 0 atom stereocenters. The summed E-state index contributed by atoms with van der Waals surface area (Å²) in [5, 5.41) is 9.95. The molecule has 2 aromatic carbocycles. The Kier molecular flexibility index (Phi) is 4.99. The Balaban J connectivity index is 2.05. The van der Waals surface area contributed by atoms with Crippen LogP contribution in [0.3, 0.4) is 0 Å². The zero-order chi connectivity index (χ0) is 18.7. The molecule has 26 heavy (non-hydrogen) atoms. The third kappa shape index (κ3) is 3.16. The molecule has 1 aromatic heterocycles. The van der Waals surface area contributed by atoms with E-state index in [2.05, 4.69) is 9.97 Å². The monoisotopic (exact) mass is 354 g/mol. The first-order valence-electron chi connectivity index (χ1n) is 7.82. The Morgan fingerprint density at radius 3 is 2.31 bits per heavy atom. The lowest BCUT2D eigenvalue weighted by atomic mass is 10.1. The molecule has 3 aromatic rings. The summed E-state index contributed by atoms with van der Waals surface area (Å²) in [6.07, 6.45) is 1.56. The summed E-state index contributed by atoms with van der Waals surface area (Å²) in [4.78, 5) is 21.3. The maximum Gasteiger partial charge on any atom is 0.230 e. The van der Waals surface area contributed by atoms with Gasteiger partial charge in [0.05, 0.1) is 33.5 Å². The van der Waals surface area contributed by atoms with Crippen LogP contribution in [-0.4, -0.2) is 42.2 Å². The smallest absolute Gasteiger partial charge is 0.230 e. The van der Waals surface area contributed by atoms with Crippen molar-refractivity contribution < 1.29 is 24.1 Å². The molecule has 7 heteroatoms. The quantitative estimate of drug-likeness (QED) is 0.680. The molecule has 0 amide bonds. The Morgan fingerprint density at radius 2 is 1.73 bits per heavy atom. The van der Waals surface area contributed by atoms with Crippen molar-refractivity contribution in [2.24, 2.45) is 0 Å². The molecule has 0 spiro atoms. The number of methoxy groups -OCH3 is 3. The minimum absolute atomic E-state index is 0.0588. The van der Waals surface area contributed by atoms with Gasteiger partial charge in [-0.2, -0.15) is 0 Å². The van der Waals surface area contributed by atoms with Crippen LogP contribution < -0.4 is 14.2 Å². The van der Waals surface area contributed by atoms with Gasteiger partial charge in [0, 0.05) is 17.1 Å². The number of fused-ring (bicyclic) bond motifs is 1. The normalized spacial score (nSPS) is 10.6. The highest BCUT2D eigenvalue weighted by atomic mass is 16.5. The van der Waals surface area contributed by atoms with Crippen LogP contribution in [0.2, 0.25) is 0 Å². The van der Waals surface area contributed by atoms with Crippen LogP contribution in [0.25, 0.3) is 10.9 Å². The van der Waals surface area contributed by atoms with Crippen molar-refractivity contribution >= 4 is 16.7 Å². The van der Waals surface area contributed by atoms with E-state index < -0.39 is 0 Å². The number of ketones is 1. The predicted octanol–water partition coefficient (Wildman–Crippen LogP) is 2.38. The fraction of sp³-hybridized carbons (Fsp3) is 0.211. The van der Waals surface area contributed by atoms with Crippen LogP contribution in [-0.2, 0) is 6.61 Å². The van der Waals surface area contributed by atoms with Crippen LogP contribution in [0.1, 0.15) is 21.7 Å². The number of carbonyl (C=O) groups excluding carboxylic acids is 1. The second-order valence-electron chi connectivity index (χ2n) is 5.49. The molecule has 1 heterocycles. The second-order valence-corrected chi connectivity index (χ2v) is 5.49. The van der Waals surface area contributed by atoms with Gasteiger partial charge in [0.25, 0.3) is 0 Å². The SMILES string of the molecule is COc1cc(C(=O)c2ncc3cc(CO)ccc3n2)cc(OC)c1OC. The summed E-state index contributed by atoms with van der Waals surface area (Å²) in [6, 6.07) is 8.40. The van der Waals surface area contributed by atoms with E-state index in [1.165, 1.54) is 21.3 Å². The Hall–Kier alpha value is -3.19. The van der Waals surface area contributed by atoms with Crippen LogP contribution in [0.15, 0.2) is 36.5 Å². The summed E-state index contributed by atoms with van der Waals surface area (Å²) in [6.45, 7) is -0.0674. The summed E-state index contributed by atoms with van der Waals surface area (Å²) >= 11 is 0. The first kappa shape index (κ1) is 17.6. The van der Waals surface area contributed by atoms with Gasteiger partial charge >= 0.3 is 0 Å². The van der Waals surface area contributed by atoms with Crippen molar-refractivity contribution in [3.8, 4) is 17.2 Å². The number of ether oxygens (including phenoxy) is 3. The van der Waals surface area contributed by atoms with Crippen LogP contribution in [0.4, 0.5) is 0 Å². The molecule has 0 unspecified atom stereocenters. The van der Waals surface area contributed by atoms with Crippen LogP contribution in [0.5, 0.6) is 17.2 Å². The maximum atomic E-state index is 12.8. The molecule has 0 fully saturated rings. The van der Waals surface area contributed by atoms with Crippen molar-refractivity contribution in [1.82, 2.24) is 9.97 Å². The molecule has 0 aliphatic rings. The number of aliphatic hydroxyl groups is 1. The fourth-order valence-electron chi connectivity index (χ4n) is 2.63. The second kappa shape index (κ2) is 7.37. The summed E-state index contributed by atoms with van der Waals surface area (Å²) < 4.78 is 15.8. The lowest BCUT2D eigenvalue weighted by Crippen LogP contribution is -2.08. The van der Waals surface area contributed by atoms with Crippen LogP contribution >= 0.6 is 0 Å². The minimum atomic E-state index is -0.364. The molecular weight excluding hydrogens is 336 g/mol. The molecule has 7 nitrogen and oxygen atoms in total. The van der Waals surface area contributed by atoms with E-state index in [4.69, 9.17) is 14.2 Å². The van der Waals surface area contributed by atoms with Gasteiger partial charge in [-0.05, 0) is 29.8 Å². The van der Waals surface area contributed by atoms with Crippen molar-refractivity contribution in [2.75, 3.05) is 21.3 Å². The highest BCUT2D eigenvalue weighted by Gasteiger charge is 2.20.